The van der Waals surface area contributed by atoms with E-state index in [4.69, 9.17) is 9.47 Å². The van der Waals surface area contributed by atoms with Crippen LogP contribution in [0.25, 0.3) is 0 Å². The SMILES string of the molecule is CCCCOC(=O)N1CC=NC1CCCCCCCCCCCCC1N=CCN1C(=O)OCCCC. The monoisotopic (exact) mass is 506 g/mol. The van der Waals surface area contributed by atoms with Crippen LogP contribution in [-0.2, 0) is 9.47 Å². The van der Waals surface area contributed by atoms with Crippen LogP contribution < -0.4 is 0 Å². The second kappa shape index (κ2) is 19.1. The minimum absolute atomic E-state index is 0.0344. The van der Waals surface area contributed by atoms with Gasteiger partial charge in [0.05, 0.1) is 26.3 Å². The molecule has 0 radical (unpaired) electrons. The molecule has 2 atom stereocenters. The van der Waals surface area contributed by atoms with Crippen molar-refractivity contribution in [2.75, 3.05) is 26.3 Å². The number of carbonyl (C=O) groups is 2. The van der Waals surface area contributed by atoms with Crippen molar-refractivity contribution in [3.05, 3.63) is 0 Å². The predicted octanol–water partition coefficient (Wildman–Crippen LogP) is 6.97. The lowest BCUT2D eigenvalue weighted by atomic mass is 10.0. The molecule has 0 N–H and O–H groups in total. The summed E-state index contributed by atoms with van der Waals surface area (Å²) in [7, 11) is 0. The zero-order valence-electron chi connectivity index (χ0n) is 22.9. The summed E-state index contributed by atoms with van der Waals surface area (Å²) in [5.41, 5.74) is 0. The maximum Gasteiger partial charge on any atom is 0.411 e. The number of carbonyl (C=O) groups excluding carboxylic acids is 2. The first-order valence-electron chi connectivity index (χ1n) is 14.6. The Labute approximate surface area is 218 Å². The molecule has 2 heterocycles. The lowest BCUT2D eigenvalue weighted by Crippen LogP contribution is -2.36. The third-order valence-corrected chi connectivity index (χ3v) is 6.92. The van der Waals surface area contributed by atoms with Gasteiger partial charge in [0.2, 0.25) is 0 Å². The highest BCUT2D eigenvalue weighted by atomic mass is 16.6. The van der Waals surface area contributed by atoms with Crippen molar-refractivity contribution >= 4 is 24.6 Å². The van der Waals surface area contributed by atoms with Crippen LogP contribution in [0, 0.1) is 0 Å². The first-order chi connectivity index (χ1) is 17.7. The van der Waals surface area contributed by atoms with Gasteiger partial charge in [0.1, 0.15) is 12.3 Å². The van der Waals surface area contributed by atoms with E-state index in [1.54, 1.807) is 9.80 Å². The Kier molecular flexibility index (Phi) is 15.9. The molecule has 0 saturated heterocycles. The second-order valence-electron chi connectivity index (χ2n) is 9.98. The summed E-state index contributed by atoms with van der Waals surface area (Å²) in [5, 5.41) is 0. The molecule has 2 unspecified atom stereocenters. The molecular formula is C28H50N4O4. The van der Waals surface area contributed by atoms with E-state index in [1.807, 2.05) is 12.4 Å². The fourth-order valence-electron chi connectivity index (χ4n) is 4.61. The van der Waals surface area contributed by atoms with Gasteiger partial charge in [0.15, 0.2) is 0 Å². The van der Waals surface area contributed by atoms with E-state index in [-0.39, 0.29) is 24.5 Å². The van der Waals surface area contributed by atoms with Crippen molar-refractivity contribution in [2.24, 2.45) is 9.98 Å². The first kappa shape index (κ1) is 30.1. The van der Waals surface area contributed by atoms with Gasteiger partial charge in [-0.1, -0.05) is 78.1 Å². The Morgan fingerprint density at radius 2 is 1.00 bits per heavy atom. The molecule has 0 bridgehead atoms. The van der Waals surface area contributed by atoms with Gasteiger partial charge in [-0.15, -0.1) is 0 Å². The fourth-order valence-corrected chi connectivity index (χ4v) is 4.61. The van der Waals surface area contributed by atoms with Gasteiger partial charge in [-0.2, -0.15) is 0 Å². The predicted molar refractivity (Wildman–Crippen MR) is 146 cm³/mol. The Balaban J connectivity index is 1.40. The summed E-state index contributed by atoms with van der Waals surface area (Å²) < 4.78 is 10.7. The smallest absolute Gasteiger partial charge is 0.411 e. The van der Waals surface area contributed by atoms with Crippen molar-refractivity contribution < 1.29 is 19.1 Å². The summed E-state index contributed by atoms with van der Waals surface area (Å²) in [6.45, 7) is 6.34. The van der Waals surface area contributed by atoms with Crippen molar-refractivity contribution in [3.63, 3.8) is 0 Å². The number of ether oxygens (including phenoxy) is 2. The molecule has 0 aliphatic carbocycles. The number of rotatable bonds is 19. The largest absolute Gasteiger partial charge is 0.449 e. The zero-order valence-corrected chi connectivity index (χ0v) is 22.9. The van der Waals surface area contributed by atoms with E-state index in [0.717, 1.165) is 51.4 Å². The van der Waals surface area contributed by atoms with E-state index in [9.17, 15) is 9.59 Å². The quantitative estimate of drug-likeness (QED) is 0.177. The minimum atomic E-state index is -0.218. The molecule has 0 aromatic rings. The Morgan fingerprint density at radius 3 is 1.36 bits per heavy atom. The van der Waals surface area contributed by atoms with Gasteiger partial charge in [0, 0.05) is 12.4 Å². The van der Waals surface area contributed by atoms with Crippen LogP contribution in [0.2, 0.25) is 0 Å². The van der Waals surface area contributed by atoms with Crippen LogP contribution in [0.4, 0.5) is 9.59 Å². The summed E-state index contributed by atoms with van der Waals surface area (Å²) in [5.74, 6) is 0. The van der Waals surface area contributed by atoms with Gasteiger partial charge >= 0.3 is 12.2 Å². The van der Waals surface area contributed by atoms with Gasteiger partial charge in [0.25, 0.3) is 0 Å². The van der Waals surface area contributed by atoms with Crippen LogP contribution in [0.15, 0.2) is 9.98 Å². The fraction of sp³-hybridized carbons (Fsp3) is 0.857. The summed E-state index contributed by atoms with van der Waals surface area (Å²) in [6, 6.07) is 0. The zero-order chi connectivity index (χ0) is 25.8. The average molecular weight is 507 g/mol. The molecular weight excluding hydrogens is 456 g/mol. The second-order valence-corrected chi connectivity index (χ2v) is 9.98. The summed E-state index contributed by atoms with van der Waals surface area (Å²) in [4.78, 5) is 36.8. The van der Waals surface area contributed by atoms with Crippen LogP contribution in [0.3, 0.4) is 0 Å². The number of hydrogen-bond acceptors (Lipinski definition) is 6. The van der Waals surface area contributed by atoms with Gasteiger partial charge in [-0.3, -0.25) is 19.8 Å². The number of hydrogen-bond donors (Lipinski definition) is 0. The van der Waals surface area contributed by atoms with Crippen LogP contribution in [0.1, 0.15) is 117 Å². The van der Waals surface area contributed by atoms with E-state index in [1.165, 1.54) is 51.4 Å². The number of nitrogens with zero attached hydrogens (tertiary/aromatic N) is 4. The van der Waals surface area contributed by atoms with Crippen LogP contribution in [-0.4, -0.2) is 73.1 Å². The molecule has 2 aliphatic heterocycles. The maximum absolute atomic E-state index is 12.2. The Bertz CT molecular complexity index is 614. The number of unbranched alkanes of at least 4 members (excludes halogenated alkanes) is 11. The summed E-state index contributed by atoms with van der Waals surface area (Å²) >= 11 is 0. The van der Waals surface area contributed by atoms with Crippen LogP contribution >= 0.6 is 0 Å². The highest BCUT2D eigenvalue weighted by molar-refractivity contribution is 5.76. The highest BCUT2D eigenvalue weighted by Gasteiger charge is 2.27. The van der Waals surface area contributed by atoms with Crippen molar-refractivity contribution in [2.45, 2.75) is 129 Å². The highest BCUT2D eigenvalue weighted by Crippen LogP contribution is 2.19. The Hall–Kier alpha value is -2.12. The lowest BCUT2D eigenvalue weighted by Gasteiger charge is -2.22. The average Bonchev–Trinajstić information content (AvgIpc) is 3.54. The molecule has 0 saturated carbocycles. The Morgan fingerprint density at radius 1 is 0.639 bits per heavy atom. The third-order valence-electron chi connectivity index (χ3n) is 6.92. The van der Waals surface area contributed by atoms with E-state index in [2.05, 4.69) is 23.8 Å². The molecule has 206 valence electrons. The number of amides is 2. The van der Waals surface area contributed by atoms with Gasteiger partial charge in [-0.25, -0.2) is 9.59 Å². The standard InChI is InChI=1S/C28H50N4O4/c1-3-5-23-35-27(33)31-21-19-29-25(31)17-15-13-11-9-7-8-10-12-14-16-18-26-30-20-22-32(26)28(34)36-24-6-4-2/h19-20,25-26H,3-18,21-24H2,1-2H3. The van der Waals surface area contributed by atoms with E-state index >= 15 is 0 Å². The topological polar surface area (TPSA) is 83.8 Å². The van der Waals surface area contributed by atoms with Crippen LogP contribution in [0.5, 0.6) is 0 Å². The molecule has 2 rings (SSSR count). The normalized spacial score (nSPS) is 18.8. The minimum Gasteiger partial charge on any atom is -0.449 e. The molecule has 2 amide bonds. The van der Waals surface area contributed by atoms with Crippen molar-refractivity contribution in [1.29, 1.82) is 0 Å². The molecule has 8 nitrogen and oxygen atoms in total. The molecule has 36 heavy (non-hydrogen) atoms. The molecule has 8 heteroatoms. The molecule has 2 aliphatic rings. The molecule has 0 aromatic carbocycles. The maximum atomic E-state index is 12.2. The summed E-state index contributed by atoms with van der Waals surface area (Å²) in [6.07, 6.45) is 21.2. The van der Waals surface area contributed by atoms with E-state index < -0.39 is 0 Å². The molecule has 0 aromatic heterocycles. The first-order valence-corrected chi connectivity index (χ1v) is 14.6. The molecule has 0 fully saturated rings. The molecule has 0 spiro atoms. The van der Waals surface area contributed by atoms with E-state index in [0.29, 0.717) is 26.3 Å². The van der Waals surface area contributed by atoms with Gasteiger partial charge in [-0.05, 0) is 38.5 Å². The van der Waals surface area contributed by atoms with Gasteiger partial charge < -0.3 is 9.47 Å². The van der Waals surface area contributed by atoms with Crippen molar-refractivity contribution in [3.8, 4) is 0 Å². The third kappa shape index (κ3) is 11.7. The van der Waals surface area contributed by atoms with Crippen molar-refractivity contribution in [1.82, 2.24) is 9.80 Å². The lowest BCUT2D eigenvalue weighted by molar-refractivity contribution is 0.0940. The number of aliphatic imine (C=N–C) groups is 2.